The van der Waals surface area contributed by atoms with E-state index in [1.165, 1.54) is 21.3 Å². The molecule has 0 unspecified atom stereocenters. The fourth-order valence-electron chi connectivity index (χ4n) is 3.36. The van der Waals surface area contributed by atoms with Crippen LogP contribution in [0, 0.1) is 0 Å². The van der Waals surface area contributed by atoms with Crippen molar-refractivity contribution < 1.29 is 28.5 Å². The van der Waals surface area contributed by atoms with Crippen LogP contribution in [0.1, 0.15) is 21.5 Å². The number of ether oxygens (including phenoxy) is 5. The van der Waals surface area contributed by atoms with Crippen LogP contribution in [0.4, 0.5) is 0 Å². The number of fused-ring (bicyclic) bond motifs is 1. The number of rotatable bonds is 7. The minimum atomic E-state index is -0.238. The van der Waals surface area contributed by atoms with E-state index in [1.807, 2.05) is 6.07 Å². The molecule has 0 aliphatic carbocycles. The van der Waals surface area contributed by atoms with Gasteiger partial charge in [-0.2, -0.15) is 0 Å². The molecule has 0 aromatic heterocycles. The van der Waals surface area contributed by atoms with Crippen molar-refractivity contribution in [2.75, 3.05) is 21.3 Å². The standard InChI is InChI=1S/C25H20Cl2O6/c1-29-20-12-23(31-3)22(30-2)9-15(20)10-24-25(28)17-6-5-16(11-21(17)33-24)32-13-14-4-7-18(26)19(27)8-14/h4-12H,13H2,1-3H3. The van der Waals surface area contributed by atoms with E-state index in [0.717, 1.165) is 5.56 Å². The maximum atomic E-state index is 12.9. The number of halogens is 2. The molecule has 1 heterocycles. The first-order chi connectivity index (χ1) is 15.9. The van der Waals surface area contributed by atoms with Gasteiger partial charge >= 0.3 is 0 Å². The lowest BCUT2D eigenvalue weighted by Crippen LogP contribution is -2.00. The highest BCUT2D eigenvalue weighted by Gasteiger charge is 2.28. The molecule has 33 heavy (non-hydrogen) atoms. The molecule has 8 heteroatoms. The molecular formula is C25H20Cl2O6. The van der Waals surface area contributed by atoms with Crippen molar-refractivity contribution in [1.82, 2.24) is 0 Å². The Labute approximate surface area is 201 Å². The summed E-state index contributed by atoms with van der Waals surface area (Å²) in [6, 6.07) is 13.8. The first-order valence-electron chi connectivity index (χ1n) is 9.88. The van der Waals surface area contributed by atoms with Crippen molar-refractivity contribution in [1.29, 1.82) is 0 Å². The second-order valence-corrected chi connectivity index (χ2v) is 7.90. The van der Waals surface area contributed by atoms with Crippen molar-refractivity contribution in [3.05, 3.63) is 81.0 Å². The molecule has 3 aromatic rings. The number of ketones is 1. The SMILES string of the molecule is COc1cc(OC)c(OC)cc1C=C1Oc2cc(OCc3ccc(Cl)c(Cl)c3)ccc2C1=O. The zero-order chi connectivity index (χ0) is 23.5. The highest BCUT2D eigenvalue weighted by atomic mass is 35.5. The number of methoxy groups -OCH3 is 3. The van der Waals surface area contributed by atoms with Crippen molar-refractivity contribution in [2.24, 2.45) is 0 Å². The fourth-order valence-corrected chi connectivity index (χ4v) is 3.68. The van der Waals surface area contributed by atoms with Crippen LogP contribution in [0.25, 0.3) is 6.08 Å². The Kier molecular flexibility index (Phi) is 6.67. The largest absolute Gasteiger partial charge is 0.496 e. The van der Waals surface area contributed by atoms with Crippen molar-refractivity contribution >= 4 is 35.1 Å². The Hall–Kier alpha value is -3.35. The van der Waals surface area contributed by atoms with Crippen LogP contribution in [0.15, 0.2) is 54.3 Å². The monoisotopic (exact) mass is 486 g/mol. The van der Waals surface area contributed by atoms with Gasteiger partial charge in [-0.25, -0.2) is 0 Å². The molecule has 0 bridgehead atoms. The molecule has 0 N–H and O–H groups in total. The molecule has 3 aromatic carbocycles. The lowest BCUT2D eigenvalue weighted by molar-refractivity contribution is 0.101. The summed E-state index contributed by atoms with van der Waals surface area (Å²) in [5.74, 6) is 2.43. The van der Waals surface area contributed by atoms with Gasteiger partial charge in [-0.15, -0.1) is 0 Å². The van der Waals surface area contributed by atoms with Crippen molar-refractivity contribution in [3.8, 4) is 28.7 Å². The first-order valence-corrected chi connectivity index (χ1v) is 10.6. The average molecular weight is 487 g/mol. The second kappa shape index (κ2) is 9.65. The fraction of sp³-hybridized carbons (Fsp3) is 0.160. The molecular weight excluding hydrogens is 467 g/mol. The van der Waals surface area contributed by atoms with Crippen LogP contribution < -0.4 is 23.7 Å². The van der Waals surface area contributed by atoms with Gasteiger partial charge in [0.15, 0.2) is 17.3 Å². The summed E-state index contributed by atoms with van der Waals surface area (Å²) in [5, 5.41) is 0.941. The van der Waals surface area contributed by atoms with E-state index < -0.39 is 0 Å². The molecule has 0 spiro atoms. The minimum absolute atomic E-state index is 0.164. The topological polar surface area (TPSA) is 63.2 Å². The number of hydrogen-bond acceptors (Lipinski definition) is 6. The minimum Gasteiger partial charge on any atom is -0.496 e. The van der Waals surface area contributed by atoms with Gasteiger partial charge in [0.2, 0.25) is 5.78 Å². The van der Waals surface area contributed by atoms with Gasteiger partial charge < -0.3 is 23.7 Å². The van der Waals surface area contributed by atoms with Gasteiger partial charge in [0, 0.05) is 17.7 Å². The van der Waals surface area contributed by atoms with Gasteiger partial charge in [0.05, 0.1) is 36.9 Å². The molecule has 0 amide bonds. The van der Waals surface area contributed by atoms with E-state index in [4.69, 9.17) is 46.9 Å². The lowest BCUT2D eigenvalue weighted by atomic mass is 10.1. The number of carbonyl (C=O) groups is 1. The zero-order valence-corrected chi connectivity index (χ0v) is 19.6. The van der Waals surface area contributed by atoms with E-state index in [2.05, 4.69) is 0 Å². The lowest BCUT2D eigenvalue weighted by Gasteiger charge is -2.12. The Morgan fingerprint density at radius 2 is 1.58 bits per heavy atom. The molecule has 0 saturated heterocycles. The maximum Gasteiger partial charge on any atom is 0.231 e. The maximum absolute atomic E-state index is 12.9. The van der Waals surface area contributed by atoms with Crippen LogP contribution >= 0.6 is 23.2 Å². The number of allylic oxidation sites excluding steroid dienone is 1. The molecule has 6 nitrogen and oxygen atoms in total. The molecule has 0 radical (unpaired) electrons. The van der Waals surface area contributed by atoms with Gasteiger partial charge in [-0.3, -0.25) is 4.79 Å². The molecule has 4 rings (SSSR count). The molecule has 1 aliphatic rings. The number of benzene rings is 3. The normalized spacial score (nSPS) is 13.5. The zero-order valence-electron chi connectivity index (χ0n) is 18.1. The highest BCUT2D eigenvalue weighted by Crippen LogP contribution is 2.39. The Morgan fingerprint density at radius 3 is 2.27 bits per heavy atom. The number of carbonyl (C=O) groups excluding carboxylic acids is 1. The molecule has 0 atom stereocenters. The van der Waals surface area contributed by atoms with Crippen molar-refractivity contribution in [3.63, 3.8) is 0 Å². The van der Waals surface area contributed by atoms with E-state index in [1.54, 1.807) is 48.5 Å². The second-order valence-electron chi connectivity index (χ2n) is 7.08. The van der Waals surface area contributed by atoms with Crippen LogP contribution in [0.3, 0.4) is 0 Å². The van der Waals surface area contributed by atoms with Gasteiger partial charge in [0.25, 0.3) is 0 Å². The predicted octanol–water partition coefficient (Wildman–Crippen LogP) is 6.21. The van der Waals surface area contributed by atoms with Crippen LogP contribution in [-0.4, -0.2) is 27.1 Å². The smallest absolute Gasteiger partial charge is 0.231 e. The van der Waals surface area contributed by atoms with Crippen LogP contribution in [0.5, 0.6) is 28.7 Å². The summed E-state index contributed by atoms with van der Waals surface area (Å²) in [5.41, 5.74) is 1.92. The van der Waals surface area contributed by atoms with E-state index in [9.17, 15) is 4.79 Å². The number of Topliss-reactive ketones (excluding diaryl/α,β-unsaturated/α-hetero) is 1. The first kappa shape index (κ1) is 22.8. The molecule has 170 valence electrons. The van der Waals surface area contributed by atoms with Gasteiger partial charge in [-0.05, 0) is 42.0 Å². The molecule has 0 saturated carbocycles. The van der Waals surface area contributed by atoms with Gasteiger partial charge in [0.1, 0.15) is 23.9 Å². The molecule has 0 fully saturated rings. The Morgan fingerprint density at radius 1 is 0.848 bits per heavy atom. The average Bonchev–Trinajstić information content (AvgIpc) is 3.13. The summed E-state index contributed by atoms with van der Waals surface area (Å²) in [7, 11) is 4.61. The Bertz CT molecular complexity index is 1250. The third-order valence-corrected chi connectivity index (χ3v) is 5.79. The number of hydrogen-bond donors (Lipinski definition) is 0. The van der Waals surface area contributed by atoms with Crippen molar-refractivity contribution in [2.45, 2.75) is 6.61 Å². The van der Waals surface area contributed by atoms with Gasteiger partial charge in [-0.1, -0.05) is 29.3 Å². The summed E-state index contributed by atoms with van der Waals surface area (Å²) in [6.45, 7) is 0.287. The van der Waals surface area contributed by atoms with Crippen LogP contribution in [0.2, 0.25) is 10.0 Å². The third-order valence-electron chi connectivity index (χ3n) is 5.05. The predicted molar refractivity (Wildman–Crippen MR) is 126 cm³/mol. The summed E-state index contributed by atoms with van der Waals surface area (Å²) >= 11 is 12.0. The quantitative estimate of drug-likeness (QED) is 0.369. The van der Waals surface area contributed by atoms with E-state index in [0.29, 0.717) is 49.9 Å². The van der Waals surface area contributed by atoms with E-state index >= 15 is 0 Å². The summed E-state index contributed by atoms with van der Waals surface area (Å²) in [4.78, 5) is 12.9. The highest BCUT2D eigenvalue weighted by molar-refractivity contribution is 6.42. The van der Waals surface area contributed by atoms with Crippen LogP contribution in [-0.2, 0) is 6.61 Å². The Balaban J connectivity index is 1.56. The van der Waals surface area contributed by atoms with E-state index in [-0.39, 0.29) is 18.1 Å². The third kappa shape index (κ3) is 4.72. The molecule has 1 aliphatic heterocycles. The summed E-state index contributed by atoms with van der Waals surface area (Å²) in [6.07, 6.45) is 1.61. The summed E-state index contributed by atoms with van der Waals surface area (Å²) < 4.78 is 27.8.